The maximum Gasteiger partial charge on any atom is 0.421 e. The molecule has 3 aromatic rings. The second kappa shape index (κ2) is 18.8. The van der Waals surface area contributed by atoms with Crippen LogP contribution in [0.15, 0.2) is 47.5 Å². The Hall–Kier alpha value is -3.86. The number of carbonyl (C=O) groups is 2. The molecule has 3 N–H and O–H groups in total. The Morgan fingerprint density at radius 2 is 1.65 bits per heavy atom. The van der Waals surface area contributed by atoms with E-state index < -0.39 is 28.5 Å². The summed E-state index contributed by atoms with van der Waals surface area (Å²) in [5, 5.41) is 5.67. The number of hydrogen-bond donors (Lipinski definition) is 3. The van der Waals surface area contributed by atoms with E-state index in [0.717, 1.165) is 88.2 Å². The average molecular weight is 835 g/mol. The van der Waals surface area contributed by atoms with Crippen molar-refractivity contribution in [2.45, 2.75) is 88.2 Å². The summed E-state index contributed by atoms with van der Waals surface area (Å²) in [4.78, 5) is 37.6. The maximum atomic E-state index is 14.8. The van der Waals surface area contributed by atoms with Gasteiger partial charge in [0.15, 0.2) is 0 Å². The van der Waals surface area contributed by atoms with Crippen molar-refractivity contribution in [3.63, 3.8) is 0 Å². The first-order valence-corrected chi connectivity index (χ1v) is 21.2. The highest BCUT2D eigenvalue weighted by atomic mass is 35.5. The van der Waals surface area contributed by atoms with Crippen LogP contribution in [0.2, 0.25) is 5.02 Å². The number of piperidine rings is 2. The zero-order valence-electron chi connectivity index (χ0n) is 32.5. The fourth-order valence-electron chi connectivity index (χ4n) is 7.74. The van der Waals surface area contributed by atoms with E-state index in [2.05, 4.69) is 49.1 Å². The molecular weight excluding hydrogens is 784 g/mol. The van der Waals surface area contributed by atoms with Crippen molar-refractivity contribution in [3.05, 3.63) is 64.6 Å². The predicted molar refractivity (Wildman–Crippen MR) is 215 cm³/mol. The van der Waals surface area contributed by atoms with Crippen LogP contribution in [0.1, 0.15) is 82.3 Å². The number of hydrogen-bond acceptors (Lipinski definition) is 9. The first-order valence-electron chi connectivity index (χ1n) is 19.6. The maximum absolute atomic E-state index is 14.8. The van der Waals surface area contributed by atoms with E-state index in [-0.39, 0.29) is 47.1 Å². The van der Waals surface area contributed by atoms with Gasteiger partial charge in [-0.2, -0.15) is 18.2 Å². The number of benzene rings is 2. The molecule has 0 radical (unpaired) electrons. The molecule has 17 heteroatoms. The predicted octanol–water partition coefficient (Wildman–Crippen LogP) is 7.42. The van der Waals surface area contributed by atoms with Gasteiger partial charge in [-0.15, -0.1) is 0 Å². The van der Waals surface area contributed by atoms with Crippen molar-refractivity contribution in [2.75, 3.05) is 61.4 Å². The summed E-state index contributed by atoms with van der Waals surface area (Å²) in [6.45, 7) is 9.14. The Bertz CT molecular complexity index is 1920. The van der Waals surface area contributed by atoms with Gasteiger partial charge in [0, 0.05) is 68.6 Å². The standard InChI is InChI=1S/C24H31F4N5OS.C16H20ClN3O2/c1-15-5-7-17(8-6-15)32-35(34)18-9-10-21(20(25)12-18)30-23-29-13-19(24(26,27)28)22(31-23)33-11-3-4-16(2)14-33;1-19-6-8-20(9-7-19)11-2-3-12(14(17)10-11)13-4-5-15(21)18-16(13)22/h9-10,12-13,15-17,32H,3-8,11,14H2,1-2H3,(H,29,30,31);2-3,10,13H,4-9H2,1H3,(H,18,21,22). The van der Waals surface area contributed by atoms with Crippen LogP contribution in [0.25, 0.3) is 0 Å². The fourth-order valence-corrected chi connectivity index (χ4v) is 9.12. The summed E-state index contributed by atoms with van der Waals surface area (Å²) in [6, 6.07) is 10.1. The number of imide groups is 1. The number of anilines is 4. The second-order valence-electron chi connectivity index (χ2n) is 15.7. The molecule has 3 aliphatic heterocycles. The monoisotopic (exact) mass is 834 g/mol. The molecular formula is C40H51ClF4N8O3S. The number of carbonyl (C=O) groups excluding carboxylic acids is 2. The lowest BCUT2D eigenvalue weighted by Crippen LogP contribution is -2.44. The number of rotatable bonds is 8. The molecule has 3 saturated heterocycles. The molecule has 3 unspecified atom stereocenters. The van der Waals surface area contributed by atoms with Crippen LogP contribution in [0.3, 0.4) is 0 Å². The van der Waals surface area contributed by atoms with Crippen molar-refractivity contribution < 1.29 is 31.4 Å². The summed E-state index contributed by atoms with van der Waals surface area (Å²) in [5.41, 5.74) is 0.986. The van der Waals surface area contributed by atoms with Crippen molar-refractivity contribution in [2.24, 2.45) is 11.8 Å². The zero-order chi connectivity index (χ0) is 40.9. The van der Waals surface area contributed by atoms with Crippen LogP contribution in [0.4, 0.5) is 40.7 Å². The minimum absolute atomic E-state index is 0.00466. The molecule has 57 heavy (non-hydrogen) atoms. The molecule has 1 aliphatic carbocycles. The van der Waals surface area contributed by atoms with Crippen LogP contribution < -0.4 is 25.2 Å². The smallest absolute Gasteiger partial charge is 0.369 e. The van der Waals surface area contributed by atoms with Gasteiger partial charge >= 0.3 is 6.18 Å². The van der Waals surface area contributed by atoms with E-state index in [1.807, 2.05) is 25.1 Å². The molecule has 4 aliphatic rings. The normalized spacial score (nSPS) is 24.0. The van der Waals surface area contributed by atoms with Gasteiger partial charge in [0.1, 0.15) is 28.2 Å². The number of halogens is 5. The Morgan fingerprint density at radius 3 is 2.30 bits per heavy atom. The molecule has 11 nitrogen and oxygen atoms in total. The van der Waals surface area contributed by atoms with Gasteiger partial charge in [-0.25, -0.2) is 18.3 Å². The lowest BCUT2D eigenvalue weighted by molar-refractivity contribution is -0.138. The number of likely N-dealkylation sites (N-methyl/N-ethyl adjacent to an activating group) is 1. The van der Waals surface area contributed by atoms with Crippen LogP contribution in [0, 0.1) is 17.7 Å². The van der Waals surface area contributed by atoms with Gasteiger partial charge in [0.2, 0.25) is 17.8 Å². The molecule has 310 valence electrons. The first-order chi connectivity index (χ1) is 27.1. The van der Waals surface area contributed by atoms with Gasteiger partial charge in [-0.05, 0) is 99.7 Å². The summed E-state index contributed by atoms with van der Waals surface area (Å²) in [7, 11) is 0.560. The summed E-state index contributed by atoms with van der Waals surface area (Å²) in [6.07, 6.45) is 2.74. The number of nitrogens with one attached hydrogen (secondary N) is 3. The fraction of sp³-hybridized carbons (Fsp3) is 0.550. The SMILES string of the molecule is CC1CCC(NS(=O)c2ccc(Nc3ncc(C(F)(F)F)c(N4CCCC(C)C4)n3)c(F)c2)CC1.CN1CCN(c2ccc(C3CCC(=O)NC3=O)c(Cl)c2)CC1. The highest BCUT2D eigenvalue weighted by Gasteiger charge is 2.38. The van der Waals surface area contributed by atoms with Gasteiger partial charge in [0.05, 0.1) is 16.5 Å². The van der Waals surface area contributed by atoms with Crippen molar-refractivity contribution in [1.82, 2.24) is 24.9 Å². The molecule has 4 fully saturated rings. The number of aromatic nitrogens is 2. The minimum atomic E-state index is -4.60. The largest absolute Gasteiger partial charge is 0.421 e. The molecule has 2 amide bonds. The highest BCUT2D eigenvalue weighted by Crippen LogP contribution is 2.38. The first kappa shape index (κ1) is 42.7. The molecule has 4 heterocycles. The number of alkyl halides is 3. The van der Waals surface area contributed by atoms with E-state index in [1.165, 1.54) is 12.1 Å². The molecule has 7 rings (SSSR count). The topological polar surface area (TPSA) is 123 Å². The average Bonchev–Trinajstić information content (AvgIpc) is 3.17. The third-order valence-electron chi connectivity index (χ3n) is 11.2. The Labute approximate surface area is 338 Å². The van der Waals surface area contributed by atoms with Crippen LogP contribution in [0.5, 0.6) is 0 Å². The Kier molecular flexibility index (Phi) is 14.1. The van der Waals surface area contributed by atoms with E-state index >= 15 is 0 Å². The second-order valence-corrected chi connectivity index (χ2v) is 17.4. The summed E-state index contributed by atoms with van der Waals surface area (Å²) in [5.74, 6) is -0.891. The molecule has 0 spiro atoms. The number of piperazine rings is 1. The lowest BCUT2D eigenvalue weighted by Gasteiger charge is -2.34. The van der Waals surface area contributed by atoms with Gasteiger partial charge in [-0.3, -0.25) is 14.9 Å². The van der Waals surface area contributed by atoms with Crippen LogP contribution in [-0.2, 0) is 26.8 Å². The molecule has 1 saturated carbocycles. The van der Waals surface area contributed by atoms with Gasteiger partial charge < -0.3 is 20.0 Å². The molecule has 2 aromatic carbocycles. The van der Waals surface area contributed by atoms with Crippen LogP contribution >= 0.6 is 11.6 Å². The third kappa shape index (κ3) is 11.2. The lowest BCUT2D eigenvalue weighted by atomic mass is 9.88. The molecule has 3 atom stereocenters. The minimum Gasteiger partial charge on any atom is -0.369 e. The molecule has 1 aromatic heterocycles. The van der Waals surface area contributed by atoms with E-state index in [9.17, 15) is 31.4 Å². The van der Waals surface area contributed by atoms with Gasteiger partial charge in [0.25, 0.3) is 0 Å². The molecule has 0 bridgehead atoms. The van der Waals surface area contributed by atoms with E-state index in [0.29, 0.717) is 41.8 Å². The van der Waals surface area contributed by atoms with Gasteiger partial charge in [-0.1, -0.05) is 31.5 Å². The highest BCUT2D eigenvalue weighted by molar-refractivity contribution is 7.83. The van der Waals surface area contributed by atoms with E-state index in [1.54, 1.807) is 4.90 Å². The quantitative estimate of drug-likeness (QED) is 0.157. The Balaban J connectivity index is 0.000000214. The van der Waals surface area contributed by atoms with Crippen LogP contribution in [-0.4, -0.2) is 83.2 Å². The van der Waals surface area contributed by atoms with Crippen molar-refractivity contribution >= 4 is 57.5 Å². The number of nitrogens with zero attached hydrogens (tertiary/aromatic N) is 5. The Morgan fingerprint density at radius 1 is 0.912 bits per heavy atom. The number of amides is 2. The summed E-state index contributed by atoms with van der Waals surface area (Å²) >= 11 is 6.41. The third-order valence-corrected chi connectivity index (χ3v) is 12.7. The van der Waals surface area contributed by atoms with Crippen molar-refractivity contribution in [3.8, 4) is 0 Å². The zero-order valence-corrected chi connectivity index (χ0v) is 34.1. The van der Waals surface area contributed by atoms with E-state index in [4.69, 9.17) is 11.6 Å². The summed E-state index contributed by atoms with van der Waals surface area (Å²) < 4.78 is 71.4. The van der Waals surface area contributed by atoms with Crippen molar-refractivity contribution in [1.29, 1.82) is 0 Å².